The summed E-state index contributed by atoms with van der Waals surface area (Å²) in [5, 5.41) is 3.15. The van der Waals surface area contributed by atoms with Gasteiger partial charge in [0, 0.05) is 0 Å². The molecule has 0 saturated heterocycles. The summed E-state index contributed by atoms with van der Waals surface area (Å²) >= 11 is 0. The Morgan fingerprint density at radius 2 is 2.00 bits per heavy atom. The molecule has 0 aliphatic rings. The quantitative estimate of drug-likeness (QED) is 0.483. The van der Waals surface area contributed by atoms with Crippen LogP contribution in [0.25, 0.3) is 0 Å². The maximum absolute atomic E-state index is 11.4. The molecule has 1 atom stereocenters. The first-order chi connectivity index (χ1) is 6.76. The Morgan fingerprint density at radius 1 is 1.29 bits per heavy atom. The third-order valence-electron chi connectivity index (χ3n) is 2.12. The van der Waals surface area contributed by atoms with Gasteiger partial charge in [-0.2, -0.15) is 0 Å². The molecule has 0 radical (unpaired) electrons. The summed E-state index contributed by atoms with van der Waals surface area (Å²) in [7, 11) is 0. The number of nitrogens with one attached hydrogen (secondary N) is 1. The second kappa shape index (κ2) is 9.00. The molecule has 1 unspecified atom stereocenters. The lowest BCUT2D eigenvalue weighted by Crippen LogP contribution is -2.37. The summed E-state index contributed by atoms with van der Waals surface area (Å²) < 4.78 is 4.99. The van der Waals surface area contributed by atoms with Crippen LogP contribution in [0, 0.1) is 0 Å². The standard InChI is InChI=1S/C11H23NO2/c1-4-7-8-9-10(12-5-2)11(13)14-6-3/h10,12H,4-9H2,1-3H3. The van der Waals surface area contributed by atoms with Crippen molar-refractivity contribution < 1.29 is 9.53 Å². The average Bonchev–Trinajstić information content (AvgIpc) is 2.17. The topological polar surface area (TPSA) is 38.3 Å². The van der Waals surface area contributed by atoms with Gasteiger partial charge in [-0.25, -0.2) is 0 Å². The van der Waals surface area contributed by atoms with Crippen molar-refractivity contribution in [3.63, 3.8) is 0 Å². The van der Waals surface area contributed by atoms with E-state index in [1.807, 2.05) is 13.8 Å². The molecule has 0 amide bonds. The predicted molar refractivity (Wildman–Crippen MR) is 58.2 cm³/mol. The van der Waals surface area contributed by atoms with Gasteiger partial charge in [0.2, 0.25) is 0 Å². The number of carbonyl (C=O) groups is 1. The smallest absolute Gasteiger partial charge is 0.323 e. The Balaban J connectivity index is 3.81. The monoisotopic (exact) mass is 201 g/mol. The second-order valence-electron chi connectivity index (χ2n) is 3.36. The number of ether oxygens (including phenoxy) is 1. The zero-order chi connectivity index (χ0) is 10.8. The van der Waals surface area contributed by atoms with E-state index >= 15 is 0 Å². The van der Waals surface area contributed by atoms with E-state index in [0.717, 1.165) is 19.4 Å². The van der Waals surface area contributed by atoms with Crippen LogP contribution in [0.3, 0.4) is 0 Å². The first-order valence-corrected chi connectivity index (χ1v) is 5.66. The maximum atomic E-state index is 11.4. The van der Waals surface area contributed by atoms with E-state index in [4.69, 9.17) is 4.74 Å². The minimum absolute atomic E-state index is 0.105. The zero-order valence-electron chi connectivity index (χ0n) is 9.64. The van der Waals surface area contributed by atoms with Crippen molar-refractivity contribution in [3.05, 3.63) is 0 Å². The van der Waals surface area contributed by atoms with E-state index in [0.29, 0.717) is 6.61 Å². The fourth-order valence-electron chi connectivity index (χ4n) is 1.39. The van der Waals surface area contributed by atoms with Crippen LogP contribution in [0.4, 0.5) is 0 Å². The molecule has 0 rings (SSSR count). The highest BCUT2D eigenvalue weighted by molar-refractivity contribution is 5.75. The molecule has 0 fully saturated rings. The molecule has 0 saturated carbocycles. The molecule has 0 aromatic rings. The number of hydrogen-bond donors (Lipinski definition) is 1. The van der Waals surface area contributed by atoms with Gasteiger partial charge >= 0.3 is 5.97 Å². The van der Waals surface area contributed by atoms with Gasteiger partial charge in [0.05, 0.1) is 6.61 Å². The van der Waals surface area contributed by atoms with Crippen molar-refractivity contribution >= 4 is 5.97 Å². The molecule has 1 N–H and O–H groups in total. The molecule has 3 nitrogen and oxygen atoms in total. The minimum atomic E-state index is -0.106. The van der Waals surface area contributed by atoms with Gasteiger partial charge in [0.1, 0.15) is 6.04 Å². The number of rotatable bonds is 8. The van der Waals surface area contributed by atoms with Crippen molar-refractivity contribution in [2.45, 2.75) is 52.5 Å². The normalized spacial score (nSPS) is 12.5. The van der Waals surface area contributed by atoms with E-state index < -0.39 is 0 Å². The average molecular weight is 201 g/mol. The van der Waals surface area contributed by atoms with Crippen molar-refractivity contribution in [1.29, 1.82) is 0 Å². The summed E-state index contributed by atoms with van der Waals surface area (Å²) in [6.07, 6.45) is 4.34. The molecule has 3 heteroatoms. The van der Waals surface area contributed by atoms with Crippen molar-refractivity contribution in [2.75, 3.05) is 13.2 Å². The summed E-state index contributed by atoms with van der Waals surface area (Å²) in [6, 6.07) is -0.105. The first-order valence-electron chi connectivity index (χ1n) is 5.66. The lowest BCUT2D eigenvalue weighted by Gasteiger charge is -2.15. The second-order valence-corrected chi connectivity index (χ2v) is 3.36. The van der Waals surface area contributed by atoms with Crippen LogP contribution in [0.5, 0.6) is 0 Å². The molecule has 0 aromatic carbocycles. The highest BCUT2D eigenvalue weighted by Crippen LogP contribution is 2.04. The molecule has 14 heavy (non-hydrogen) atoms. The Morgan fingerprint density at radius 3 is 2.50 bits per heavy atom. The Bertz CT molecular complexity index is 148. The van der Waals surface area contributed by atoms with Gasteiger partial charge in [-0.3, -0.25) is 4.79 Å². The Kier molecular flexibility index (Phi) is 8.64. The molecule has 0 aliphatic carbocycles. The molecular formula is C11H23NO2. The van der Waals surface area contributed by atoms with Gasteiger partial charge in [-0.15, -0.1) is 0 Å². The van der Waals surface area contributed by atoms with Gasteiger partial charge in [0.15, 0.2) is 0 Å². The zero-order valence-corrected chi connectivity index (χ0v) is 9.64. The molecule has 0 spiro atoms. The van der Waals surface area contributed by atoms with Crippen LogP contribution < -0.4 is 5.32 Å². The minimum Gasteiger partial charge on any atom is -0.465 e. The lowest BCUT2D eigenvalue weighted by atomic mass is 10.1. The summed E-state index contributed by atoms with van der Waals surface area (Å²) in [4.78, 5) is 11.4. The van der Waals surface area contributed by atoms with E-state index in [1.54, 1.807) is 0 Å². The van der Waals surface area contributed by atoms with Crippen LogP contribution in [-0.2, 0) is 9.53 Å². The number of esters is 1. The Labute approximate surface area is 87.2 Å². The molecule has 0 aromatic heterocycles. The highest BCUT2D eigenvalue weighted by Gasteiger charge is 2.17. The summed E-state index contributed by atoms with van der Waals surface area (Å²) in [5.41, 5.74) is 0. The van der Waals surface area contributed by atoms with Crippen LogP contribution >= 0.6 is 0 Å². The van der Waals surface area contributed by atoms with Gasteiger partial charge in [0.25, 0.3) is 0 Å². The predicted octanol–water partition coefficient (Wildman–Crippen LogP) is 2.11. The maximum Gasteiger partial charge on any atom is 0.323 e. The van der Waals surface area contributed by atoms with E-state index in [9.17, 15) is 4.79 Å². The van der Waals surface area contributed by atoms with Crippen LogP contribution in [0.1, 0.15) is 46.5 Å². The fraction of sp³-hybridized carbons (Fsp3) is 0.909. The van der Waals surface area contributed by atoms with E-state index in [1.165, 1.54) is 12.8 Å². The number of likely N-dealkylation sites (N-methyl/N-ethyl adjacent to an activating group) is 1. The van der Waals surface area contributed by atoms with Crippen molar-refractivity contribution in [1.82, 2.24) is 5.32 Å². The van der Waals surface area contributed by atoms with E-state index in [-0.39, 0.29) is 12.0 Å². The molecule has 84 valence electrons. The van der Waals surface area contributed by atoms with Crippen LogP contribution in [0.2, 0.25) is 0 Å². The van der Waals surface area contributed by atoms with E-state index in [2.05, 4.69) is 12.2 Å². The fourth-order valence-corrected chi connectivity index (χ4v) is 1.39. The number of hydrogen-bond acceptors (Lipinski definition) is 3. The lowest BCUT2D eigenvalue weighted by molar-refractivity contribution is -0.145. The molecule has 0 heterocycles. The summed E-state index contributed by atoms with van der Waals surface area (Å²) in [6.45, 7) is 7.29. The SMILES string of the molecule is CCCCCC(NCC)C(=O)OCC. The highest BCUT2D eigenvalue weighted by atomic mass is 16.5. The van der Waals surface area contributed by atoms with Gasteiger partial charge in [-0.1, -0.05) is 33.1 Å². The largest absolute Gasteiger partial charge is 0.465 e. The number of unbranched alkanes of at least 4 members (excludes halogenated alkanes) is 2. The van der Waals surface area contributed by atoms with Crippen LogP contribution in [0.15, 0.2) is 0 Å². The first kappa shape index (κ1) is 13.4. The third kappa shape index (κ3) is 5.97. The molecule has 0 bridgehead atoms. The summed E-state index contributed by atoms with van der Waals surface area (Å²) in [5.74, 6) is -0.106. The van der Waals surface area contributed by atoms with Gasteiger partial charge in [-0.05, 0) is 19.9 Å². The van der Waals surface area contributed by atoms with Gasteiger partial charge < -0.3 is 10.1 Å². The van der Waals surface area contributed by atoms with Crippen LogP contribution in [-0.4, -0.2) is 25.2 Å². The molecule has 0 aliphatic heterocycles. The number of carbonyl (C=O) groups excluding carboxylic acids is 1. The Hall–Kier alpha value is -0.570. The van der Waals surface area contributed by atoms with Crippen molar-refractivity contribution in [3.8, 4) is 0 Å². The molecular weight excluding hydrogens is 178 g/mol. The third-order valence-corrected chi connectivity index (χ3v) is 2.12. The van der Waals surface area contributed by atoms with Crippen molar-refractivity contribution in [2.24, 2.45) is 0 Å².